The Morgan fingerprint density at radius 2 is 1.13 bits per heavy atom. The Morgan fingerprint density at radius 3 is 1.89 bits per heavy atom. The van der Waals surface area contributed by atoms with E-state index in [1.807, 2.05) is 54.7 Å². The number of benzene rings is 9. The molecule has 0 aliphatic rings. The highest BCUT2D eigenvalue weighted by atomic mass is 32.1. The van der Waals surface area contributed by atoms with Gasteiger partial charge in [-0.3, -0.25) is 0 Å². The third kappa shape index (κ3) is 4.42. The third-order valence-electron chi connectivity index (χ3n) is 12.5. The maximum atomic E-state index is 11.7. The molecule has 0 fully saturated rings. The summed E-state index contributed by atoms with van der Waals surface area (Å²) in [6.07, 6.45) is 3.51. The van der Waals surface area contributed by atoms with Crippen molar-refractivity contribution in [3.05, 3.63) is 187 Å². The summed E-state index contributed by atoms with van der Waals surface area (Å²) in [5.41, 5.74) is 10.2. The Hall–Kier alpha value is -8.36. The van der Waals surface area contributed by atoms with Crippen LogP contribution in [0.3, 0.4) is 0 Å². The zero-order chi connectivity index (χ0) is 40.3. The van der Waals surface area contributed by atoms with E-state index < -0.39 is 0 Å². The minimum absolute atomic E-state index is 0.407. The molecule has 0 N–H and O–H groups in total. The van der Waals surface area contributed by atoms with Gasteiger partial charge in [-0.1, -0.05) is 127 Å². The van der Waals surface area contributed by atoms with Gasteiger partial charge in [0, 0.05) is 69.8 Å². The number of nitriles is 1. The van der Waals surface area contributed by atoms with Crippen molar-refractivity contribution < 1.29 is 0 Å². The van der Waals surface area contributed by atoms with Crippen LogP contribution in [0.2, 0.25) is 0 Å². The highest BCUT2D eigenvalue weighted by Gasteiger charge is 2.32. The molecule has 0 aliphatic carbocycles. The first kappa shape index (κ1) is 33.6. The molecule has 13 aromatic rings. The lowest BCUT2D eigenvalue weighted by Gasteiger charge is -2.25. The fourth-order valence-corrected chi connectivity index (χ4v) is 11.4. The van der Waals surface area contributed by atoms with Crippen LogP contribution < -0.4 is 0 Å². The molecule has 0 unspecified atom stereocenters. The van der Waals surface area contributed by atoms with Gasteiger partial charge >= 0.3 is 0 Å². The molecule has 0 saturated carbocycles. The number of fused-ring (bicyclic) bond motifs is 10. The lowest BCUT2D eigenvalue weighted by atomic mass is 9.88. The SMILES string of the molecule is [C-]#[N+]c1c(-c2ccccc2)c(C#N)c(-n2c3ccccc3c3c4sc5ccccc5c4ccc32)c(-c2ccccc2)c1-n1c2cccc3c4cncnc4c4cccc1c4c32. The molecule has 0 radical (unpaired) electrons. The molecule has 4 aromatic heterocycles. The van der Waals surface area contributed by atoms with Crippen molar-refractivity contribution in [2.75, 3.05) is 0 Å². The largest absolute Gasteiger partial charge is 0.318 e. The van der Waals surface area contributed by atoms with E-state index in [4.69, 9.17) is 11.6 Å². The summed E-state index contributed by atoms with van der Waals surface area (Å²) in [4.78, 5) is 13.8. The van der Waals surface area contributed by atoms with Crippen molar-refractivity contribution in [2.45, 2.75) is 0 Å². The van der Waals surface area contributed by atoms with Crippen LogP contribution in [0.15, 0.2) is 170 Å². The lowest BCUT2D eigenvalue weighted by molar-refractivity contribution is 1.13. The summed E-state index contributed by atoms with van der Waals surface area (Å²) in [6.45, 7) is 9.16. The van der Waals surface area contributed by atoms with Crippen LogP contribution >= 0.6 is 11.3 Å². The first-order chi connectivity index (χ1) is 30.2. The van der Waals surface area contributed by atoms with Crippen molar-refractivity contribution >= 4 is 102 Å². The van der Waals surface area contributed by atoms with E-state index in [-0.39, 0.29) is 0 Å². The summed E-state index contributed by atoms with van der Waals surface area (Å²) < 4.78 is 7.02. The van der Waals surface area contributed by atoms with Crippen molar-refractivity contribution in [3.63, 3.8) is 0 Å². The predicted octanol–water partition coefficient (Wildman–Crippen LogP) is 14.5. The van der Waals surface area contributed by atoms with Crippen LogP contribution in [-0.4, -0.2) is 19.1 Å². The lowest BCUT2D eigenvalue weighted by Crippen LogP contribution is -2.08. The summed E-state index contributed by atoms with van der Waals surface area (Å²) in [7, 11) is 0. The van der Waals surface area contributed by atoms with E-state index in [9.17, 15) is 5.26 Å². The van der Waals surface area contributed by atoms with Gasteiger partial charge in [0.1, 0.15) is 12.4 Å². The second-order valence-corrected chi connectivity index (χ2v) is 16.5. The average Bonchev–Trinajstić information content (AvgIpc) is 3.99. The summed E-state index contributed by atoms with van der Waals surface area (Å²) >= 11 is 1.81. The topological polar surface area (TPSA) is 63.8 Å². The van der Waals surface area contributed by atoms with Gasteiger partial charge in [0.05, 0.1) is 51.1 Å². The molecule has 61 heavy (non-hydrogen) atoms. The molecular weight excluding hydrogens is 765 g/mol. The Bertz CT molecular complexity index is 3980. The second-order valence-electron chi connectivity index (χ2n) is 15.4. The fraction of sp³-hybridized carbons (Fsp3) is 0. The van der Waals surface area contributed by atoms with Crippen molar-refractivity contribution in [2.24, 2.45) is 0 Å². The Morgan fingerprint density at radius 1 is 0.525 bits per heavy atom. The van der Waals surface area contributed by atoms with Crippen LogP contribution in [0.25, 0.3) is 124 Å². The van der Waals surface area contributed by atoms with Gasteiger partial charge < -0.3 is 9.13 Å². The maximum absolute atomic E-state index is 11.7. The molecule has 0 bridgehead atoms. The van der Waals surface area contributed by atoms with Crippen LogP contribution in [0.5, 0.6) is 0 Å². The summed E-state index contributed by atoms with van der Waals surface area (Å²) in [6, 6.07) is 57.3. The minimum Gasteiger partial charge on any atom is -0.318 e. The maximum Gasteiger partial charge on any atom is 0.220 e. The number of hydrogen-bond donors (Lipinski definition) is 0. The van der Waals surface area contributed by atoms with Gasteiger partial charge in [-0.2, -0.15) is 5.26 Å². The highest BCUT2D eigenvalue weighted by molar-refractivity contribution is 7.26. The summed E-state index contributed by atoms with van der Waals surface area (Å²) in [5, 5.41) is 21.6. The molecule has 6 nitrogen and oxygen atoms in total. The minimum atomic E-state index is 0.407. The monoisotopic (exact) mass is 792 g/mol. The Labute approximate surface area is 352 Å². The van der Waals surface area contributed by atoms with Gasteiger partial charge in [0.15, 0.2) is 0 Å². The molecule has 7 heteroatoms. The van der Waals surface area contributed by atoms with Crippen LogP contribution in [0.1, 0.15) is 5.56 Å². The molecule has 9 aromatic carbocycles. The normalized spacial score (nSPS) is 11.9. The van der Waals surface area contributed by atoms with E-state index >= 15 is 0 Å². The second kappa shape index (κ2) is 12.6. The highest BCUT2D eigenvalue weighted by Crippen LogP contribution is 2.54. The molecule has 0 atom stereocenters. The van der Waals surface area contributed by atoms with Crippen LogP contribution in [0, 0.1) is 17.9 Å². The number of nitrogens with zero attached hydrogens (tertiary/aromatic N) is 6. The molecule has 13 rings (SSSR count). The summed E-state index contributed by atoms with van der Waals surface area (Å²) in [5.74, 6) is 0. The van der Waals surface area contributed by atoms with Crippen LogP contribution in [-0.2, 0) is 0 Å². The van der Waals surface area contributed by atoms with Crippen molar-refractivity contribution in [1.82, 2.24) is 19.1 Å². The number of thiophene rings is 1. The van der Waals surface area contributed by atoms with Gasteiger partial charge in [-0.25, -0.2) is 14.8 Å². The number of hydrogen-bond acceptors (Lipinski definition) is 4. The van der Waals surface area contributed by atoms with E-state index in [1.165, 1.54) is 20.2 Å². The van der Waals surface area contributed by atoms with Crippen molar-refractivity contribution in [3.8, 4) is 39.7 Å². The molecule has 4 heterocycles. The van der Waals surface area contributed by atoms with E-state index in [1.54, 1.807) is 17.7 Å². The van der Waals surface area contributed by atoms with Gasteiger partial charge in [0.2, 0.25) is 5.69 Å². The van der Waals surface area contributed by atoms with E-state index in [0.717, 1.165) is 87.7 Å². The number of aromatic nitrogens is 4. The molecular formula is C54H28N6S. The average molecular weight is 793 g/mol. The first-order valence-electron chi connectivity index (χ1n) is 20.1. The molecule has 0 spiro atoms. The van der Waals surface area contributed by atoms with Gasteiger partial charge in [0.25, 0.3) is 0 Å². The van der Waals surface area contributed by atoms with E-state index in [0.29, 0.717) is 22.5 Å². The number of para-hydroxylation sites is 1. The van der Waals surface area contributed by atoms with Crippen LogP contribution in [0.4, 0.5) is 5.69 Å². The molecule has 280 valence electrons. The molecule has 0 saturated heterocycles. The van der Waals surface area contributed by atoms with Gasteiger partial charge in [-0.05, 0) is 46.8 Å². The molecule has 0 aliphatic heterocycles. The molecule has 0 amide bonds. The fourth-order valence-electron chi connectivity index (χ4n) is 10.1. The van der Waals surface area contributed by atoms with E-state index in [2.05, 4.69) is 134 Å². The standard InChI is InChI=1S/C54H28N6S/c1-56-51-45(31-14-4-2-5-15-31)38(28-55)52(59-40-22-10-8-19-36(40)49-43(59)27-26-35-33-18-9-11-25-44(33)61-54(35)49)46(32-16-6-3-7-17-32)53(51)60-41-23-12-20-34-39-29-57-30-58-50(39)37-21-13-24-42(60)48(37)47(34)41/h2-27,29-30H. The zero-order valence-electron chi connectivity index (χ0n) is 32.3. The Kier molecular flexibility index (Phi) is 6.92. The predicted molar refractivity (Wildman–Crippen MR) is 252 cm³/mol. The number of rotatable bonds is 4. The smallest absolute Gasteiger partial charge is 0.220 e. The quantitative estimate of drug-likeness (QED) is 0.132. The van der Waals surface area contributed by atoms with Crippen molar-refractivity contribution in [1.29, 1.82) is 5.26 Å². The first-order valence-corrected chi connectivity index (χ1v) is 20.9. The Balaban J connectivity index is 1.31. The third-order valence-corrected chi connectivity index (χ3v) is 13.7. The van der Waals surface area contributed by atoms with Gasteiger partial charge in [-0.15, -0.1) is 11.3 Å². The zero-order valence-corrected chi connectivity index (χ0v) is 33.1.